The summed E-state index contributed by atoms with van der Waals surface area (Å²) in [5, 5.41) is 3.82. The van der Waals surface area contributed by atoms with Crippen molar-refractivity contribution in [3.63, 3.8) is 0 Å². The summed E-state index contributed by atoms with van der Waals surface area (Å²) in [6.07, 6.45) is 0. The van der Waals surface area contributed by atoms with Gasteiger partial charge in [0.15, 0.2) is 0 Å². The van der Waals surface area contributed by atoms with Gasteiger partial charge in [0.05, 0.1) is 5.69 Å². The van der Waals surface area contributed by atoms with Crippen LogP contribution in [0.5, 0.6) is 5.75 Å². The van der Waals surface area contributed by atoms with Crippen LogP contribution in [-0.2, 0) is 6.61 Å². The van der Waals surface area contributed by atoms with Gasteiger partial charge in [-0.15, -0.1) is 0 Å². The lowest BCUT2D eigenvalue weighted by atomic mass is 10.3. The van der Waals surface area contributed by atoms with Gasteiger partial charge < -0.3 is 15.0 Å². The van der Waals surface area contributed by atoms with Gasteiger partial charge in [0.25, 0.3) is 0 Å². The van der Waals surface area contributed by atoms with E-state index < -0.39 is 0 Å². The van der Waals surface area contributed by atoms with Crippen molar-refractivity contribution in [1.29, 1.82) is 0 Å². The average Bonchev–Trinajstić information content (AvgIpc) is 2.63. The van der Waals surface area contributed by atoms with Crippen LogP contribution in [0.25, 0.3) is 0 Å². The zero-order valence-electron chi connectivity index (χ0n) is 8.43. The predicted molar refractivity (Wildman–Crippen MR) is 56.4 cm³/mol. The molecule has 0 bridgehead atoms. The first kappa shape index (κ1) is 9.58. The van der Waals surface area contributed by atoms with Crippen LogP contribution in [0.2, 0.25) is 0 Å². The third-order valence-electron chi connectivity index (χ3n) is 1.97. The molecule has 1 heterocycles. The van der Waals surface area contributed by atoms with E-state index >= 15 is 0 Å². The Kier molecular flexibility index (Phi) is 2.58. The molecule has 0 saturated heterocycles. The van der Waals surface area contributed by atoms with Crippen LogP contribution in [-0.4, -0.2) is 5.16 Å². The lowest BCUT2D eigenvalue weighted by Crippen LogP contribution is -1.98. The summed E-state index contributed by atoms with van der Waals surface area (Å²) in [4.78, 5) is 0. The summed E-state index contributed by atoms with van der Waals surface area (Å²) < 4.78 is 10.4. The topological polar surface area (TPSA) is 61.3 Å². The number of ether oxygens (including phenoxy) is 1. The first-order valence-electron chi connectivity index (χ1n) is 4.65. The molecule has 0 unspecified atom stereocenters. The summed E-state index contributed by atoms with van der Waals surface area (Å²) >= 11 is 0. The Morgan fingerprint density at radius 1 is 1.40 bits per heavy atom. The second kappa shape index (κ2) is 4.04. The molecule has 0 aliphatic heterocycles. The van der Waals surface area contributed by atoms with Gasteiger partial charge in [-0.25, -0.2) is 0 Å². The third-order valence-corrected chi connectivity index (χ3v) is 1.97. The van der Waals surface area contributed by atoms with E-state index in [2.05, 4.69) is 5.16 Å². The van der Waals surface area contributed by atoms with Crippen molar-refractivity contribution in [1.82, 2.24) is 5.16 Å². The van der Waals surface area contributed by atoms with Crippen molar-refractivity contribution in [2.45, 2.75) is 13.5 Å². The molecule has 78 valence electrons. The monoisotopic (exact) mass is 204 g/mol. The lowest BCUT2D eigenvalue weighted by Gasteiger charge is -2.05. The van der Waals surface area contributed by atoms with E-state index in [4.69, 9.17) is 15.0 Å². The number of rotatable bonds is 3. The summed E-state index contributed by atoms with van der Waals surface area (Å²) in [6.45, 7) is 2.21. The number of benzene rings is 1. The van der Waals surface area contributed by atoms with E-state index in [0.717, 1.165) is 11.5 Å². The largest absolute Gasteiger partial charge is 0.485 e. The average molecular weight is 204 g/mol. The van der Waals surface area contributed by atoms with Crippen molar-refractivity contribution in [2.24, 2.45) is 0 Å². The van der Waals surface area contributed by atoms with Gasteiger partial charge in [0.1, 0.15) is 23.8 Å². The van der Waals surface area contributed by atoms with Crippen LogP contribution in [0.1, 0.15) is 11.5 Å². The molecule has 0 aliphatic rings. The lowest BCUT2D eigenvalue weighted by molar-refractivity contribution is 0.289. The summed E-state index contributed by atoms with van der Waals surface area (Å²) in [7, 11) is 0. The van der Waals surface area contributed by atoms with Gasteiger partial charge in [-0.1, -0.05) is 17.3 Å². The Hall–Kier alpha value is -1.97. The quantitative estimate of drug-likeness (QED) is 0.778. The molecule has 0 saturated carbocycles. The van der Waals surface area contributed by atoms with Crippen LogP contribution in [0.15, 0.2) is 34.9 Å². The van der Waals surface area contributed by atoms with Gasteiger partial charge in [0.2, 0.25) is 0 Å². The Morgan fingerprint density at radius 3 is 2.87 bits per heavy atom. The fourth-order valence-corrected chi connectivity index (χ4v) is 1.25. The van der Waals surface area contributed by atoms with E-state index in [1.165, 1.54) is 0 Å². The molecule has 0 atom stereocenters. The Balaban J connectivity index is 2.02. The number of nitrogen functional groups attached to an aromatic ring is 1. The molecule has 2 rings (SSSR count). The molecule has 0 aliphatic carbocycles. The molecule has 0 fully saturated rings. The number of hydrogen-bond acceptors (Lipinski definition) is 4. The minimum absolute atomic E-state index is 0.367. The maximum atomic E-state index is 5.72. The molecular formula is C11H12N2O2. The second-order valence-corrected chi connectivity index (χ2v) is 3.26. The SMILES string of the molecule is Cc1cc(COc2ccccc2N)no1. The van der Waals surface area contributed by atoms with Crippen molar-refractivity contribution >= 4 is 5.69 Å². The fraction of sp³-hybridized carbons (Fsp3) is 0.182. The first-order chi connectivity index (χ1) is 7.25. The van der Waals surface area contributed by atoms with Crippen LogP contribution in [0.4, 0.5) is 5.69 Å². The van der Waals surface area contributed by atoms with Crippen LogP contribution >= 0.6 is 0 Å². The minimum atomic E-state index is 0.367. The van der Waals surface area contributed by atoms with Crippen molar-refractivity contribution in [3.8, 4) is 5.75 Å². The number of aryl methyl sites for hydroxylation is 1. The molecule has 0 radical (unpaired) electrons. The Labute approximate surface area is 87.6 Å². The van der Waals surface area contributed by atoms with E-state index in [9.17, 15) is 0 Å². The second-order valence-electron chi connectivity index (χ2n) is 3.26. The molecule has 0 amide bonds. The standard InChI is InChI=1S/C11H12N2O2/c1-8-6-9(13-15-8)7-14-11-5-3-2-4-10(11)12/h2-6H,7,12H2,1H3. The van der Waals surface area contributed by atoms with Gasteiger partial charge in [-0.05, 0) is 19.1 Å². The molecule has 0 spiro atoms. The van der Waals surface area contributed by atoms with Crippen LogP contribution in [0, 0.1) is 6.92 Å². The Morgan fingerprint density at radius 2 is 2.20 bits per heavy atom. The smallest absolute Gasteiger partial charge is 0.142 e. The van der Waals surface area contributed by atoms with Gasteiger partial charge in [-0.3, -0.25) is 0 Å². The summed E-state index contributed by atoms with van der Waals surface area (Å²) in [5.41, 5.74) is 7.10. The zero-order chi connectivity index (χ0) is 10.7. The molecule has 4 nitrogen and oxygen atoms in total. The van der Waals surface area contributed by atoms with Gasteiger partial charge in [0, 0.05) is 6.07 Å². The first-order valence-corrected chi connectivity index (χ1v) is 4.65. The highest BCUT2D eigenvalue weighted by molar-refractivity contribution is 5.51. The van der Waals surface area contributed by atoms with Crippen LogP contribution < -0.4 is 10.5 Å². The highest BCUT2D eigenvalue weighted by Gasteiger charge is 2.03. The van der Waals surface area contributed by atoms with Crippen LogP contribution in [0.3, 0.4) is 0 Å². The van der Waals surface area contributed by atoms with Crippen molar-refractivity contribution in [3.05, 3.63) is 41.8 Å². The van der Waals surface area contributed by atoms with E-state index in [1.54, 1.807) is 6.07 Å². The maximum absolute atomic E-state index is 5.72. The van der Waals surface area contributed by atoms with E-state index in [-0.39, 0.29) is 0 Å². The number of nitrogens with zero attached hydrogens (tertiary/aromatic N) is 1. The number of para-hydroxylation sites is 2. The van der Waals surface area contributed by atoms with Crippen molar-refractivity contribution < 1.29 is 9.26 Å². The number of hydrogen-bond donors (Lipinski definition) is 1. The summed E-state index contributed by atoms with van der Waals surface area (Å²) in [5.74, 6) is 1.44. The predicted octanol–water partition coefficient (Wildman–Crippen LogP) is 2.14. The number of anilines is 1. The fourth-order valence-electron chi connectivity index (χ4n) is 1.25. The summed E-state index contributed by atoms with van der Waals surface area (Å²) in [6, 6.07) is 9.19. The molecule has 4 heteroatoms. The van der Waals surface area contributed by atoms with Gasteiger partial charge >= 0.3 is 0 Å². The highest BCUT2D eigenvalue weighted by atomic mass is 16.5. The van der Waals surface area contributed by atoms with E-state index in [1.807, 2.05) is 31.2 Å². The molecule has 15 heavy (non-hydrogen) atoms. The highest BCUT2D eigenvalue weighted by Crippen LogP contribution is 2.20. The number of aromatic nitrogens is 1. The molecule has 1 aromatic heterocycles. The minimum Gasteiger partial charge on any atom is -0.485 e. The van der Waals surface area contributed by atoms with Crippen molar-refractivity contribution in [2.75, 3.05) is 5.73 Å². The van der Waals surface area contributed by atoms with E-state index in [0.29, 0.717) is 18.0 Å². The Bertz CT molecular complexity index is 451. The normalized spacial score (nSPS) is 10.2. The third kappa shape index (κ3) is 2.28. The zero-order valence-corrected chi connectivity index (χ0v) is 8.43. The molecule has 2 N–H and O–H groups in total. The molecular weight excluding hydrogens is 192 g/mol. The molecule has 1 aromatic carbocycles. The maximum Gasteiger partial charge on any atom is 0.142 e. The number of nitrogens with two attached hydrogens (primary N) is 1. The van der Waals surface area contributed by atoms with Gasteiger partial charge in [-0.2, -0.15) is 0 Å². The molecule has 2 aromatic rings.